The minimum atomic E-state index is -3.61. The highest BCUT2D eigenvalue weighted by atomic mass is 35.5. The number of unbranched alkanes of at least 4 members (excludes halogenated alkanes) is 1. The van der Waals surface area contributed by atoms with Crippen LogP contribution < -0.4 is 4.80 Å². The first kappa shape index (κ1) is 25.2. The van der Waals surface area contributed by atoms with Gasteiger partial charge in [0.2, 0.25) is 10.0 Å². The maximum Gasteiger partial charge on any atom is 0.279 e. The van der Waals surface area contributed by atoms with Crippen molar-refractivity contribution < 1.29 is 13.2 Å². The number of hydrogen-bond donors (Lipinski definition) is 0. The molecule has 1 aromatic heterocycles. The number of carbonyl (C=O) groups is 1. The van der Waals surface area contributed by atoms with Crippen LogP contribution in [0.1, 0.15) is 42.6 Å². The molecule has 1 heterocycles. The van der Waals surface area contributed by atoms with Gasteiger partial charge in [0.15, 0.2) is 4.80 Å². The minimum Gasteiger partial charge on any atom is -0.304 e. The van der Waals surface area contributed by atoms with Gasteiger partial charge in [-0.15, -0.1) is 6.42 Å². The molecule has 0 saturated heterocycles. The molecular weight excluding hydrogens is 478 g/mol. The third-order valence-corrected chi connectivity index (χ3v) is 8.77. The fraction of sp³-hybridized carbons (Fsp3) is 0.333. The number of halogens is 1. The van der Waals surface area contributed by atoms with Crippen LogP contribution in [0.4, 0.5) is 0 Å². The van der Waals surface area contributed by atoms with Gasteiger partial charge in [0, 0.05) is 23.7 Å². The molecule has 9 heteroatoms. The molecule has 33 heavy (non-hydrogen) atoms. The maximum absolute atomic E-state index is 12.9. The zero-order valence-electron chi connectivity index (χ0n) is 18.8. The van der Waals surface area contributed by atoms with Crippen molar-refractivity contribution in [1.82, 2.24) is 8.87 Å². The Labute approximate surface area is 203 Å². The highest BCUT2D eigenvalue weighted by molar-refractivity contribution is 7.89. The van der Waals surface area contributed by atoms with Crippen LogP contribution in [0.2, 0.25) is 5.02 Å². The molecule has 0 radical (unpaired) electrons. The van der Waals surface area contributed by atoms with Crippen LogP contribution in [0.15, 0.2) is 46.3 Å². The average molecular weight is 504 g/mol. The van der Waals surface area contributed by atoms with Gasteiger partial charge >= 0.3 is 0 Å². The second-order valence-electron chi connectivity index (χ2n) is 7.49. The summed E-state index contributed by atoms with van der Waals surface area (Å²) in [6.45, 7) is 6.84. The van der Waals surface area contributed by atoms with E-state index in [-0.39, 0.29) is 11.4 Å². The topological polar surface area (TPSA) is 71.7 Å². The molecule has 3 aromatic rings. The lowest BCUT2D eigenvalue weighted by atomic mass is 10.2. The number of nitrogens with zero attached hydrogens (tertiary/aromatic N) is 3. The van der Waals surface area contributed by atoms with E-state index < -0.39 is 15.9 Å². The summed E-state index contributed by atoms with van der Waals surface area (Å²) in [5, 5.41) is 0.612. The molecule has 0 unspecified atom stereocenters. The van der Waals surface area contributed by atoms with Crippen molar-refractivity contribution in [2.45, 2.75) is 45.1 Å². The Bertz CT molecular complexity index is 1380. The third-order valence-electron chi connectivity index (χ3n) is 5.33. The Kier molecular flexibility index (Phi) is 8.14. The van der Waals surface area contributed by atoms with E-state index >= 15 is 0 Å². The molecule has 0 spiro atoms. The van der Waals surface area contributed by atoms with E-state index in [2.05, 4.69) is 10.9 Å². The Hall–Kier alpha value is -2.44. The van der Waals surface area contributed by atoms with Crippen molar-refractivity contribution in [3.8, 4) is 12.3 Å². The second kappa shape index (κ2) is 10.7. The molecule has 0 aliphatic carbocycles. The molecule has 0 aliphatic heterocycles. The number of carbonyl (C=O) groups excluding carboxylic acids is 1. The van der Waals surface area contributed by atoms with Crippen LogP contribution in [0.25, 0.3) is 10.2 Å². The third kappa shape index (κ3) is 5.22. The number of amides is 1. The fourth-order valence-electron chi connectivity index (χ4n) is 3.49. The minimum absolute atomic E-state index is 0.159. The van der Waals surface area contributed by atoms with E-state index in [1.807, 2.05) is 26.8 Å². The Balaban J connectivity index is 1.97. The van der Waals surface area contributed by atoms with E-state index in [0.29, 0.717) is 28.5 Å². The molecule has 0 aliphatic rings. The predicted molar refractivity (Wildman–Crippen MR) is 134 cm³/mol. The van der Waals surface area contributed by atoms with Gasteiger partial charge in [-0.05, 0) is 55.3 Å². The van der Waals surface area contributed by atoms with E-state index in [1.54, 1.807) is 10.6 Å². The van der Waals surface area contributed by atoms with Gasteiger partial charge in [-0.3, -0.25) is 4.79 Å². The Morgan fingerprint density at radius 3 is 2.52 bits per heavy atom. The van der Waals surface area contributed by atoms with Gasteiger partial charge in [-0.1, -0.05) is 49.1 Å². The molecule has 2 aromatic carbocycles. The van der Waals surface area contributed by atoms with E-state index in [1.165, 1.54) is 39.9 Å². The van der Waals surface area contributed by atoms with Gasteiger partial charge in [0.25, 0.3) is 5.91 Å². The van der Waals surface area contributed by atoms with Gasteiger partial charge in [0.05, 0.1) is 21.7 Å². The predicted octanol–water partition coefficient (Wildman–Crippen LogP) is 4.85. The van der Waals surface area contributed by atoms with Crippen molar-refractivity contribution in [2.75, 3.05) is 13.1 Å². The zero-order valence-corrected chi connectivity index (χ0v) is 21.2. The van der Waals surface area contributed by atoms with E-state index in [0.717, 1.165) is 28.6 Å². The summed E-state index contributed by atoms with van der Waals surface area (Å²) >= 11 is 7.62. The van der Waals surface area contributed by atoms with Gasteiger partial charge in [-0.25, -0.2) is 8.42 Å². The number of sulfonamides is 1. The quantitative estimate of drug-likeness (QED) is 0.412. The summed E-state index contributed by atoms with van der Waals surface area (Å²) in [6.07, 6.45) is 7.25. The Morgan fingerprint density at radius 1 is 1.21 bits per heavy atom. The summed E-state index contributed by atoms with van der Waals surface area (Å²) in [4.78, 5) is 17.8. The highest BCUT2D eigenvalue weighted by Crippen LogP contribution is 2.27. The SMILES string of the molecule is C#CCn1c(=NC(=O)c2ccc(S(=O)(=O)N(CC)CCCC)cc2)sc2ccc(Cl)c(C)c21. The smallest absolute Gasteiger partial charge is 0.279 e. The van der Waals surface area contributed by atoms with Gasteiger partial charge < -0.3 is 4.57 Å². The molecule has 0 saturated carbocycles. The lowest BCUT2D eigenvalue weighted by Crippen LogP contribution is -2.31. The molecule has 3 rings (SSSR count). The summed E-state index contributed by atoms with van der Waals surface area (Å²) in [5.74, 6) is 2.13. The monoisotopic (exact) mass is 503 g/mol. The maximum atomic E-state index is 12.9. The second-order valence-corrected chi connectivity index (χ2v) is 10.8. The van der Waals surface area contributed by atoms with Gasteiger partial charge in [-0.2, -0.15) is 9.30 Å². The van der Waals surface area contributed by atoms with Gasteiger partial charge in [0.1, 0.15) is 0 Å². The molecule has 0 fully saturated rings. The summed E-state index contributed by atoms with van der Waals surface area (Å²) < 4.78 is 30.0. The molecular formula is C24H26ClN3O3S2. The van der Waals surface area contributed by atoms with Crippen LogP contribution in [-0.4, -0.2) is 36.3 Å². The number of thiazole rings is 1. The van der Waals surface area contributed by atoms with Crippen LogP contribution in [0.5, 0.6) is 0 Å². The number of terminal acetylenes is 1. The zero-order chi connectivity index (χ0) is 24.2. The number of fused-ring (bicyclic) bond motifs is 1. The number of hydrogen-bond acceptors (Lipinski definition) is 4. The molecule has 6 nitrogen and oxygen atoms in total. The average Bonchev–Trinajstić information content (AvgIpc) is 3.14. The number of aromatic nitrogens is 1. The van der Waals surface area contributed by atoms with E-state index in [4.69, 9.17) is 18.0 Å². The number of aryl methyl sites for hydroxylation is 1. The lowest BCUT2D eigenvalue weighted by molar-refractivity contribution is 0.0998. The van der Waals surface area contributed by atoms with Crippen LogP contribution >= 0.6 is 22.9 Å². The van der Waals surface area contributed by atoms with Crippen molar-refractivity contribution in [2.24, 2.45) is 4.99 Å². The highest BCUT2D eigenvalue weighted by Gasteiger charge is 2.22. The largest absolute Gasteiger partial charge is 0.304 e. The Morgan fingerprint density at radius 2 is 1.91 bits per heavy atom. The molecule has 0 bridgehead atoms. The summed E-state index contributed by atoms with van der Waals surface area (Å²) in [6, 6.07) is 9.58. The lowest BCUT2D eigenvalue weighted by Gasteiger charge is -2.20. The first-order valence-electron chi connectivity index (χ1n) is 10.7. The van der Waals surface area contributed by atoms with Crippen molar-refractivity contribution in [3.63, 3.8) is 0 Å². The normalized spacial score (nSPS) is 12.4. The fourth-order valence-corrected chi connectivity index (χ4v) is 6.22. The van der Waals surface area contributed by atoms with Crippen molar-refractivity contribution >= 4 is 49.1 Å². The number of rotatable bonds is 8. The van der Waals surface area contributed by atoms with Crippen molar-refractivity contribution in [3.05, 3.63) is 57.3 Å². The first-order chi connectivity index (χ1) is 15.7. The molecule has 1 amide bonds. The van der Waals surface area contributed by atoms with Crippen molar-refractivity contribution in [1.29, 1.82) is 0 Å². The standard InChI is InChI=1S/C24H26ClN3O3S2/c1-5-8-16-27(7-3)33(30,31)19-11-9-18(10-12-19)23(29)26-24-28(15-6-2)22-17(4)20(25)13-14-21(22)32-24/h2,9-14H,5,7-8,15-16H2,1,3-4H3. The molecule has 174 valence electrons. The van der Waals surface area contributed by atoms with Crippen LogP contribution in [-0.2, 0) is 16.6 Å². The summed E-state index contributed by atoms with van der Waals surface area (Å²) in [7, 11) is -3.61. The number of benzene rings is 2. The first-order valence-corrected chi connectivity index (χ1v) is 13.3. The molecule has 0 N–H and O–H groups in total. The van der Waals surface area contributed by atoms with Crippen LogP contribution in [0, 0.1) is 19.3 Å². The molecule has 0 atom stereocenters. The van der Waals surface area contributed by atoms with E-state index in [9.17, 15) is 13.2 Å². The van der Waals surface area contributed by atoms with Crippen LogP contribution in [0.3, 0.4) is 0 Å². The summed E-state index contributed by atoms with van der Waals surface area (Å²) in [5.41, 5.74) is 2.02.